The van der Waals surface area contributed by atoms with Gasteiger partial charge in [-0.15, -0.1) is 0 Å². The number of benzene rings is 6. The van der Waals surface area contributed by atoms with Crippen LogP contribution in [-0.2, 0) is 19.1 Å². The maximum Gasteiger partial charge on any atom is 0.343 e. The minimum Gasteiger partial charge on any atom is -0.457 e. The topological polar surface area (TPSA) is 124 Å². The molecule has 11 heteroatoms. The van der Waals surface area contributed by atoms with Crippen LogP contribution in [0.2, 0.25) is 0 Å². The molecule has 0 amide bonds. The summed E-state index contributed by atoms with van der Waals surface area (Å²) >= 11 is 0. The molecule has 0 N–H and O–H groups in total. The molecule has 0 fully saturated rings. The SMILES string of the molecule is C=CC(=O)OCOc1ccc2cc(C(=O)Oc3ccc(OC(=O)c4ccc5cc(OCOC(=O)C=C)ccc5c4)c(-c4ccc(F)cc4)c3)ccc2c1. The Morgan fingerprint density at radius 3 is 1.53 bits per heavy atom. The number of hydrogen-bond donors (Lipinski definition) is 0. The van der Waals surface area contributed by atoms with Crippen molar-refractivity contribution in [1.82, 2.24) is 0 Å². The highest BCUT2D eigenvalue weighted by atomic mass is 19.1. The van der Waals surface area contributed by atoms with Crippen LogP contribution in [0.5, 0.6) is 23.0 Å². The Balaban J connectivity index is 1.18. The predicted octanol–water partition coefficient (Wildman–Crippen LogP) is 8.37. The summed E-state index contributed by atoms with van der Waals surface area (Å²) in [6.07, 6.45) is 2.07. The molecule has 0 saturated heterocycles. The van der Waals surface area contributed by atoms with Crippen molar-refractivity contribution < 1.29 is 52.0 Å². The van der Waals surface area contributed by atoms with Crippen LogP contribution in [0.3, 0.4) is 0 Å². The highest BCUT2D eigenvalue weighted by Gasteiger charge is 2.17. The van der Waals surface area contributed by atoms with Gasteiger partial charge < -0.3 is 28.4 Å². The number of rotatable bonds is 13. The molecule has 6 rings (SSSR count). The molecule has 10 nitrogen and oxygen atoms in total. The number of hydrogen-bond acceptors (Lipinski definition) is 10. The van der Waals surface area contributed by atoms with E-state index < -0.39 is 29.7 Å². The van der Waals surface area contributed by atoms with Crippen LogP contribution >= 0.6 is 0 Å². The second kappa shape index (κ2) is 16.2. The van der Waals surface area contributed by atoms with E-state index in [0.717, 1.165) is 33.7 Å². The predicted molar refractivity (Wildman–Crippen MR) is 193 cm³/mol. The van der Waals surface area contributed by atoms with Crippen molar-refractivity contribution in [2.24, 2.45) is 0 Å². The second-order valence-corrected chi connectivity index (χ2v) is 11.3. The van der Waals surface area contributed by atoms with Crippen LogP contribution in [0.15, 0.2) is 141 Å². The largest absolute Gasteiger partial charge is 0.457 e. The van der Waals surface area contributed by atoms with Gasteiger partial charge in [-0.3, -0.25) is 0 Å². The maximum absolute atomic E-state index is 13.9. The lowest BCUT2D eigenvalue weighted by molar-refractivity contribution is -0.145. The molecule has 0 aliphatic carbocycles. The zero-order chi connectivity index (χ0) is 37.3. The molecule has 0 bridgehead atoms. The Kier molecular flexibility index (Phi) is 10.8. The van der Waals surface area contributed by atoms with Gasteiger partial charge in [0.25, 0.3) is 0 Å². The number of ether oxygens (including phenoxy) is 6. The monoisotopic (exact) mass is 712 g/mol. The Hall–Kier alpha value is -7.27. The van der Waals surface area contributed by atoms with Crippen LogP contribution in [0, 0.1) is 5.82 Å². The lowest BCUT2D eigenvalue weighted by atomic mass is 10.0. The van der Waals surface area contributed by atoms with Gasteiger partial charge in [-0.1, -0.05) is 49.6 Å². The highest BCUT2D eigenvalue weighted by molar-refractivity contribution is 5.98. The number of carbonyl (C=O) groups excluding carboxylic acids is 4. The molecule has 0 heterocycles. The number of halogens is 1. The minimum atomic E-state index is -0.654. The van der Waals surface area contributed by atoms with Gasteiger partial charge in [0.1, 0.15) is 28.8 Å². The molecule has 0 radical (unpaired) electrons. The van der Waals surface area contributed by atoms with Gasteiger partial charge in [0.05, 0.1) is 11.1 Å². The molecule has 53 heavy (non-hydrogen) atoms. The summed E-state index contributed by atoms with van der Waals surface area (Å²) in [5.74, 6) is -1.72. The summed E-state index contributed by atoms with van der Waals surface area (Å²) in [5.41, 5.74) is 1.43. The number of esters is 4. The Morgan fingerprint density at radius 1 is 0.528 bits per heavy atom. The average Bonchev–Trinajstić information content (AvgIpc) is 3.18. The van der Waals surface area contributed by atoms with E-state index in [4.69, 9.17) is 28.4 Å². The van der Waals surface area contributed by atoms with E-state index in [-0.39, 0.29) is 36.2 Å². The van der Waals surface area contributed by atoms with Crippen molar-refractivity contribution in [1.29, 1.82) is 0 Å². The van der Waals surface area contributed by atoms with Crippen molar-refractivity contribution in [2.45, 2.75) is 0 Å². The number of fused-ring (bicyclic) bond motifs is 2. The van der Waals surface area contributed by atoms with Crippen molar-refractivity contribution in [2.75, 3.05) is 13.6 Å². The van der Waals surface area contributed by atoms with Crippen molar-refractivity contribution >= 4 is 45.4 Å². The molecule has 0 atom stereocenters. The summed E-state index contributed by atoms with van der Waals surface area (Å²) in [6, 6.07) is 30.4. The normalized spacial score (nSPS) is 10.6. The van der Waals surface area contributed by atoms with E-state index in [1.165, 1.54) is 42.5 Å². The van der Waals surface area contributed by atoms with E-state index in [2.05, 4.69) is 13.2 Å². The van der Waals surface area contributed by atoms with Crippen molar-refractivity contribution in [3.8, 4) is 34.1 Å². The zero-order valence-corrected chi connectivity index (χ0v) is 27.9. The van der Waals surface area contributed by atoms with Crippen LogP contribution in [-0.4, -0.2) is 37.5 Å². The van der Waals surface area contributed by atoms with Crippen LogP contribution in [0.1, 0.15) is 20.7 Å². The third kappa shape index (κ3) is 8.91. The molecule has 0 aliphatic rings. The van der Waals surface area contributed by atoms with Crippen LogP contribution in [0.4, 0.5) is 4.39 Å². The van der Waals surface area contributed by atoms with E-state index in [9.17, 15) is 23.6 Å². The summed E-state index contributed by atoms with van der Waals surface area (Å²) in [4.78, 5) is 49.1. The fourth-order valence-electron chi connectivity index (χ4n) is 5.15. The third-order valence-corrected chi connectivity index (χ3v) is 7.80. The lowest BCUT2D eigenvalue weighted by Gasteiger charge is -2.13. The molecule has 0 saturated carbocycles. The first-order valence-corrected chi connectivity index (χ1v) is 15.9. The van der Waals surface area contributed by atoms with Gasteiger partial charge in [-0.2, -0.15) is 0 Å². The fourth-order valence-corrected chi connectivity index (χ4v) is 5.15. The third-order valence-electron chi connectivity index (χ3n) is 7.80. The van der Waals surface area contributed by atoms with Gasteiger partial charge in [-0.25, -0.2) is 23.6 Å². The van der Waals surface area contributed by atoms with Gasteiger partial charge in [0, 0.05) is 17.7 Å². The molecule has 0 unspecified atom stereocenters. The Morgan fingerprint density at radius 2 is 1.00 bits per heavy atom. The molecule has 6 aromatic rings. The summed E-state index contributed by atoms with van der Waals surface area (Å²) in [6.45, 7) is 6.10. The molecular weight excluding hydrogens is 683 g/mol. The first-order chi connectivity index (χ1) is 25.7. The van der Waals surface area contributed by atoms with Crippen LogP contribution in [0.25, 0.3) is 32.7 Å². The van der Waals surface area contributed by atoms with E-state index in [1.54, 1.807) is 72.8 Å². The Bertz CT molecular complexity index is 2380. The van der Waals surface area contributed by atoms with E-state index in [0.29, 0.717) is 22.6 Å². The molecular formula is C42H29FO10. The van der Waals surface area contributed by atoms with Gasteiger partial charge in [0.15, 0.2) is 0 Å². The summed E-state index contributed by atoms with van der Waals surface area (Å²) in [5, 5.41) is 3.00. The minimum absolute atomic E-state index is 0.155. The summed E-state index contributed by atoms with van der Waals surface area (Å²) < 4.78 is 46.0. The maximum atomic E-state index is 13.9. The number of carbonyl (C=O) groups is 4. The second-order valence-electron chi connectivity index (χ2n) is 11.3. The molecule has 6 aromatic carbocycles. The van der Waals surface area contributed by atoms with Gasteiger partial charge in [-0.05, 0) is 106 Å². The molecule has 0 spiro atoms. The quantitative estimate of drug-likeness (QED) is 0.0499. The first-order valence-electron chi connectivity index (χ1n) is 15.9. The highest BCUT2D eigenvalue weighted by Crippen LogP contribution is 2.35. The van der Waals surface area contributed by atoms with Gasteiger partial charge in [0.2, 0.25) is 13.6 Å². The first kappa shape index (κ1) is 35.6. The average molecular weight is 713 g/mol. The molecule has 264 valence electrons. The summed E-state index contributed by atoms with van der Waals surface area (Å²) in [7, 11) is 0. The molecule has 0 aromatic heterocycles. The zero-order valence-electron chi connectivity index (χ0n) is 27.9. The molecule has 0 aliphatic heterocycles. The van der Waals surface area contributed by atoms with E-state index >= 15 is 0 Å². The standard InChI is InChI=1S/C42H29FO10/c1-3-39(44)50-24-48-34-15-11-27-19-31(7-5-29(27)21-34)41(46)52-36-17-18-38(37(23-36)26-9-13-33(43)14-10-26)53-42(47)32-8-6-30-22-35(16-12-28(30)20-32)49-25-51-40(45)4-2/h3-23H,1-2,24-25H2. The van der Waals surface area contributed by atoms with Gasteiger partial charge >= 0.3 is 23.9 Å². The smallest absolute Gasteiger partial charge is 0.343 e. The van der Waals surface area contributed by atoms with E-state index in [1.807, 2.05) is 0 Å². The van der Waals surface area contributed by atoms with Crippen LogP contribution < -0.4 is 18.9 Å². The van der Waals surface area contributed by atoms with Crippen molar-refractivity contribution in [3.05, 3.63) is 158 Å². The fraction of sp³-hybridized carbons (Fsp3) is 0.0476. The Labute approximate surface area is 302 Å². The van der Waals surface area contributed by atoms with Crippen molar-refractivity contribution in [3.63, 3.8) is 0 Å². The lowest BCUT2D eigenvalue weighted by Crippen LogP contribution is -2.11.